The highest BCUT2D eigenvalue weighted by molar-refractivity contribution is 6.18. The third kappa shape index (κ3) is 4.54. The lowest BCUT2D eigenvalue weighted by atomic mass is 9.93. The second-order valence-corrected chi connectivity index (χ2v) is 7.61. The largest absolute Gasteiger partial charge is 1.00 e. The van der Waals surface area contributed by atoms with Gasteiger partial charge in [-0.05, 0) is 40.1 Å². The van der Waals surface area contributed by atoms with Crippen LogP contribution in [-0.2, 0) is 0 Å². The van der Waals surface area contributed by atoms with Crippen molar-refractivity contribution >= 4 is 27.3 Å². The van der Waals surface area contributed by atoms with Crippen molar-refractivity contribution in [3.63, 3.8) is 0 Å². The lowest BCUT2D eigenvalue weighted by Gasteiger charge is -2.18. The summed E-state index contributed by atoms with van der Waals surface area (Å²) in [6, 6.07) is 27.9. The number of benzene rings is 4. The molecule has 0 radical (unpaired) electrons. The molecular formula is C26H26ClNO2. The predicted molar refractivity (Wildman–Crippen MR) is 118 cm³/mol. The molecular weight excluding hydrogens is 394 g/mol. The first-order chi connectivity index (χ1) is 14.1. The molecule has 3 N–H and O–H groups in total. The Kier molecular flexibility index (Phi) is 7.22. The number of aliphatic hydroxyl groups excluding tert-OH is 1. The maximum Gasteiger partial charge on any atom is 0.169 e. The number of carbonyl (C=O) groups is 1. The minimum absolute atomic E-state index is 0. The molecule has 2 unspecified atom stereocenters. The van der Waals surface area contributed by atoms with Crippen molar-refractivity contribution in [3.8, 4) is 0 Å². The summed E-state index contributed by atoms with van der Waals surface area (Å²) in [6.45, 7) is 2.64. The lowest BCUT2D eigenvalue weighted by Crippen LogP contribution is -3.00. The molecule has 4 rings (SSSR count). The molecule has 3 nitrogen and oxygen atoms in total. The normalized spacial score (nSPS) is 13.0. The van der Waals surface area contributed by atoms with Gasteiger partial charge in [-0.1, -0.05) is 78.9 Å². The molecule has 0 bridgehead atoms. The minimum Gasteiger partial charge on any atom is -1.00 e. The van der Waals surface area contributed by atoms with E-state index < -0.39 is 6.10 Å². The van der Waals surface area contributed by atoms with Crippen LogP contribution in [0.5, 0.6) is 0 Å². The van der Waals surface area contributed by atoms with E-state index in [-0.39, 0.29) is 24.2 Å². The summed E-state index contributed by atoms with van der Waals surface area (Å²) in [5.41, 5.74) is 1.71. The summed E-state index contributed by atoms with van der Waals surface area (Å²) >= 11 is 0. The molecule has 0 amide bonds. The number of Topliss-reactive ketones (excluding diaryl/α,β-unsaturated/α-hetero) is 1. The number of aliphatic hydroxyl groups is 1. The van der Waals surface area contributed by atoms with Crippen LogP contribution in [0.1, 0.15) is 35.4 Å². The van der Waals surface area contributed by atoms with Crippen LogP contribution in [0.25, 0.3) is 21.5 Å². The number of carbonyl (C=O) groups excluding carboxylic acids is 1. The van der Waals surface area contributed by atoms with Crippen LogP contribution in [0.4, 0.5) is 0 Å². The van der Waals surface area contributed by atoms with Gasteiger partial charge in [0.25, 0.3) is 0 Å². The fourth-order valence-corrected chi connectivity index (χ4v) is 4.00. The Morgan fingerprint density at radius 3 is 2.00 bits per heavy atom. The van der Waals surface area contributed by atoms with Crippen molar-refractivity contribution in [2.24, 2.45) is 0 Å². The second kappa shape index (κ2) is 9.86. The average molecular weight is 420 g/mol. The first-order valence-electron chi connectivity index (χ1n) is 10.1. The molecule has 0 aliphatic carbocycles. The number of halogens is 1. The van der Waals surface area contributed by atoms with E-state index in [1.165, 1.54) is 0 Å². The quantitative estimate of drug-likeness (QED) is 0.350. The van der Waals surface area contributed by atoms with Crippen LogP contribution in [0, 0.1) is 0 Å². The summed E-state index contributed by atoms with van der Waals surface area (Å²) in [5.74, 6) is 0.149. The van der Waals surface area contributed by atoms with Gasteiger partial charge in [-0.15, -0.1) is 0 Å². The van der Waals surface area contributed by atoms with E-state index >= 15 is 0 Å². The van der Waals surface area contributed by atoms with Gasteiger partial charge in [0.2, 0.25) is 0 Å². The molecule has 0 saturated heterocycles. The molecule has 30 heavy (non-hydrogen) atoms. The standard InChI is InChI=1S/C26H25NO2.ClH/c1-18(26(29)19-9-3-2-4-10-19)27-16-15-24(28)25-22-13-7-5-11-20(22)17-21-12-6-8-14-23(21)25;/h2-14,17-18,26-27,29H,15-16H2,1H3;1H. The van der Waals surface area contributed by atoms with Crippen molar-refractivity contribution < 1.29 is 27.6 Å². The number of fused-ring (bicyclic) bond motifs is 2. The van der Waals surface area contributed by atoms with Crippen molar-refractivity contribution in [2.75, 3.05) is 6.54 Å². The van der Waals surface area contributed by atoms with Gasteiger partial charge in [0.1, 0.15) is 12.1 Å². The molecule has 4 heteroatoms. The summed E-state index contributed by atoms with van der Waals surface area (Å²) in [4.78, 5) is 13.2. The first kappa shape index (κ1) is 22.0. The predicted octanol–water partition coefficient (Wildman–Crippen LogP) is 1.26. The maximum absolute atomic E-state index is 13.2. The van der Waals surface area contributed by atoms with Crippen molar-refractivity contribution in [3.05, 3.63) is 96.1 Å². The van der Waals surface area contributed by atoms with E-state index in [1.807, 2.05) is 73.7 Å². The van der Waals surface area contributed by atoms with Crippen molar-refractivity contribution in [1.82, 2.24) is 0 Å². The fraction of sp³-hybridized carbons (Fsp3) is 0.192. The van der Waals surface area contributed by atoms with E-state index in [0.717, 1.165) is 32.7 Å². The number of ketones is 1. The molecule has 0 aromatic heterocycles. The van der Waals surface area contributed by atoms with Gasteiger partial charge >= 0.3 is 0 Å². The molecule has 154 valence electrons. The summed E-state index contributed by atoms with van der Waals surface area (Å²) in [7, 11) is 0. The van der Waals surface area contributed by atoms with Crippen LogP contribution in [0.15, 0.2) is 84.9 Å². The average Bonchev–Trinajstić information content (AvgIpc) is 2.77. The minimum atomic E-state index is -0.551. The second-order valence-electron chi connectivity index (χ2n) is 7.61. The van der Waals surface area contributed by atoms with E-state index in [2.05, 4.69) is 23.5 Å². The molecule has 0 aliphatic heterocycles. The zero-order valence-electron chi connectivity index (χ0n) is 17.0. The molecule has 0 spiro atoms. The first-order valence-corrected chi connectivity index (χ1v) is 10.1. The van der Waals surface area contributed by atoms with Crippen molar-refractivity contribution in [1.29, 1.82) is 0 Å². The Hall–Kier alpha value is -2.72. The molecule has 4 aromatic carbocycles. The lowest BCUT2D eigenvalue weighted by molar-refractivity contribution is -0.693. The summed E-state index contributed by atoms with van der Waals surface area (Å²) in [6.07, 6.45) is -0.117. The van der Waals surface area contributed by atoms with E-state index in [9.17, 15) is 9.90 Å². The van der Waals surface area contributed by atoms with Crippen LogP contribution < -0.4 is 17.7 Å². The Bertz CT molecular complexity index is 1090. The van der Waals surface area contributed by atoms with E-state index in [4.69, 9.17) is 0 Å². The smallest absolute Gasteiger partial charge is 0.169 e. The van der Waals surface area contributed by atoms with Crippen molar-refractivity contribution in [2.45, 2.75) is 25.5 Å². The highest BCUT2D eigenvalue weighted by Gasteiger charge is 2.20. The zero-order valence-corrected chi connectivity index (χ0v) is 17.7. The molecule has 2 atom stereocenters. The highest BCUT2D eigenvalue weighted by Crippen LogP contribution is 2.29. The Morgan fingerprint density at radius 1 is 0.867 bits per heavy atom. The van der Waals surface area contributed by atoms with Crippen LogP contribution in [0.3, 0.4) is 0 Å². The third-order valence-electron chi connectivity index (χ3n) is 5.60. The summed E-state index contributed by atoms with van der Waals surface area (Å²) < 4.78 is 0. The van der Waals surface area contributed by atoms with Gasteiger partial charge in [-0.25, -0.2) is 0 Å². The number of rotatable bonds is 7. The molecule has 0 fully saturated rings. The van der Waals surface area contributed by atoms with Gasteiger partial charge in [0.05, 0.1) is 13.0 Å². The van der Waals surface area contributed by atoms with E-state index in [1.54, 1.807) is 0 Å². The van der Waals surface area contributed by atoms with Gasteiger partial charge in [-0.2, -0.15) is 0 Å². The number of quaternary nitrogens is 1. The van der Waals surface area contributed by atoms with Gasteiger partial charge in [0.15, 0.2) is 5.78 Å². The van der Waals surface area contributed by atoms with Gasteiger partial charge in [-0.3, -0.25) is 4.79 Å². The number of hydrogen-bond donors (Lipinski definition) is 2. The monoisotopic (exact) mass is 419 g/mol. The molecule has 0 heterocycles. The zero-order chi connectivity index (χ0) is 20.2. The number of hydrogen-bond acceptors (Lipinski definition) is 2. The Balaban J connectivity index is 0.00000256. The number of nitrogens with two attached hydrogens (primary N) is 1. The molecule has 4 aromatic rings. The van der Waals surface area contributed by atoms with Crippen LogP contribution in [0.2, 0.25) is 0 Å². The van der Waals surface area contributed by atoms with Gasteiger partial charge < -0.3 is 22.8 Å². The highest BCUT2D eigenvalue weighted by atomic mass is 35.5. The van der Waals surface area contributed by atoms with E-state index in [0.29, 0.717) is 13.0 Å². The van der Waals surface area contributed by atoms with Gasteiger partial charge in [0, 0.05) is 5.56 Å². The fourth-order valence-electron chi connectivity index (χ4n) is 4.00. The third-order valence-corrected chi connectivity index (χ3v) is 5.60. The maximum atomic E-state index is 13.2. The topological polar surface area (TPSA) is 53.9 Å². The SMILES string of the molecule is CC([NH2+]CCC(=O)c1c2ccccc2cc2ccccc12)C(O)c1ccccc1.[Cl-]. The molecule has 0 saturated carbocycles. The van der Waals surface area contributed by atoms with Crippen LogP contribution >= 0.6 is 0 Å². The Morgan fingerprint density at radius 2 is 1.40 bits per heavy atom. The molecule has 0 aliphatic rings. The summed E-state index contributed by atoms with van der Waals surface area (Å²) in [5, 5.41) is 16.8. The van der Waals surface area contributed by atoms with Crippen LogP contribution in [-0.4, -0.2) is 23.5 Å². The Labute approximate surface area is 183 Å².